The Morgan fingerprint density at radius 2 is 1.74 bits per heavy atom. The summed E-state index contributed by atoms with van der Waals surface area (Å²) in [5, 5.41) is 8.90. The van der Waals surface area contributed by atoms with E-state index in [2.05, 4.69) is 9.72 Å². The Labute approximate surface area is 199 Å². The number of alkyl halides is 6. The number of oxazole rings is 1. The highest BCUT2D eigenvalue weighted by molar-refractivity contribution is 6.32. The van der Waals surface area contributed by atoms with Crippen LogP contribution in [-0.4, -0.2) is 35.5 Å². The molecule has 1 N–H and O–H groups in total. The molecule has 0 aliphatic rings. The van der Waals surface area contributed by atoms with Crippen molar-refractivity contribution in [2.24, 2.45) is 0 Å². The molecule has 0 spiro atoms. The summed E-state index contributed by atoms with van der Waals surface area (Å²) in [6, 6.07) is 7.75. The van der Waals surface area contributed by atoms with Gasteiger partial charge in [-0.25, -0.2) is 9.78 Å². The lowest BCUT2D eigenvalue weighted by molar-refractivity contribution is -0.376. The van der Waals surface area contributed by atoms with Crippen molar-refractivity contribution in [1.82, 2.24) is 4.98 Å². The average Bonchev–Trinajstić information content (AvgIpc) is 3.16. The summed E-state index contributed by atoms with van der Waals surface area (Å²) in [5.41, 5.74) is -5.67. The molecule has 0 bridgehead atoms. The van der Waals surface area contributed by atoms with Crippen molar-refractivity contribution in [3.63, 3.8) is 0 Å². The summed E-state index contributed by atoms with van der Waals surface area (Å²) in [6.45, 7) is 1.25. The summed E-state index contributed by atoms with van der Waals surface area (Å²) in [6.07, 6.45) is -12.1. The molecule has 0 saturated heterocycles. The number of methoxy groups -OCH3 is 1. The number of benzene rings is 2. The third-order valence-corrected chi connectivity index (χ3v) is 5.25. The molecule has 0 aliphatic heterocycles. The summed E-state index contributed by atoms with van der Waals surface area (Å²) < 4.78 is 94.1. The van der Waals surface area contributed by atoms with Crippen LogP contribution in [0.5, 0.6) is 5.75 Å². The molecule has 2 aromatic carbocycles. The van der Waals surface area contributed by atoms with Gasteiger partial charge in [-0.3, -0.25) is 0 Å². The number of aliphatic hydroxyl groups is 1. The number of hydrogen-bond donors (Lipinski definition) is 1. The molecule has 3 rings (SSSR count). The lowest BCUT2D eigenvalue weighted by Gasteiger charge is -2.32. The van der Waals surface area contributed by atoms with Crippen LogP contribution < -0.4 is 4.74 Å². The Hall–Kier alpha value is -3.25. The first-order valence-corrected chi connectivity index (χ1v) is 10.0. The highest BCUT2D eigenvalue weighted by Gasteiger charge is 2.71. The maximum Gasteiger partial charge on any atom is 0.430 e. The van der Waals surface area contributed by atoms with Gasteiger partial charge in [0.25, 0.3) is 5.60 Å². The van der Waals surface area contributed by atoms with Gasteiger partial charge in [-0.1, -0.05) is 23.7 Å². The molecule has 0 aliphatic carbocycles. The van der Waals surface area contributed by atoms with Gasteiger partial charge in [0, 0.05) is 11.1 Å². The molecule has 6 nitrogen and oxygen atoms in total. The van der Waals surface area contributed by atoms with Gasteiger partial charge < -0.3 is 19.0 Å². The van der Waals surface area contributed by atoms with Gasteiger partial charge in [-0.05, 0) is 37.3 Å². The highest BCUT2D eigenvalue weighted by atomic mass is 35.5. The summed E-state index contributed by atoms with van der Waals surface area (Å²) in [7, 11) is 1.23. The van der Waals surface area contributed by atoms with Crippen LogP contribution >= 0.6 is 11.6 Å². The number of carbonyl (C=O) groups is 1. The Kier molecular flexibility index (Phi) is 7.09. The Bertz CT molecular complexity index is 1220. The SMILES string of the molecule is COC(=O)c1cccc(-c2nc(COc3ccc(C(O)(C(F)(F)F)C(F)(F)F)cc3Cl)c(C)o2)c1. The minimum absolute atomic E-state index is 0.133. The largest absolute Gasteiger partial charge is 0.486 e. The molecule has 0 amide bonds. The molecule has 0 fully saturated rings. The van der Waals surface area contributed by atoms with Gasteiger partial charge in [0.05, 0.1) is 17.7 Å². The zero-order chi connectivity index (χ0) is 26.2. The molecule has 1 heterocycles. The Balaban J connectivity index is 1.83. The first kappa shape index (κ1) is 26.4. The molecule has 3 aromatic rings. The number of aryl methyl sites for hydroxylation is 1. The minimum Gasteiger partial charge on any atom is -0.486 e. The van der Waals surface area contributed by atoms with E-state index < -0.39 is 34.5 Å². The van der Waals surface area contributed by atoms with E-state index in [-0.39, 0.29) is 29.5 Å². The van der Waals surface area contributed by atoms with Gasteiger partial charge >= 0.3 is 18.3 Å². The molecular formula is C22H16ClF6NO5. The number of esters is 1. The van der Waals surface area contributed by atoms with E-state index in [1.54, 1.807) is 19.1 Å². The number of halogens is 7. The first-order chi connectivity index (χ1) is 16.2. The van der Waals surface area contributed by atoms with E-state index >= 15 is 0 Å². The number of rotatable bonds is 6. The maximum absolute atomic E-state index is 13.1. The van der Waals surface area contributed by atoms with Crippen LogP contribution in [0.15, 0.2) is 46.9 Å². The van der Waals surface area contributed by atoms with Crippen molar-refractivity contribution in [3.8, 4) is 17.2 Å². The van der Waals surface area contributed by atoms with E-state index in [0.29, 0.717) is 23.5 Å². The molecule has 0 saturated carbocycles. The second-order valence-electron chi connectivity index (χ2n) is 7.23. The predicted octanol–water partition coefficient (Wildman–Crippen LogP) is 5.98. The molecule has 35 heavy (non-hydrogen) atoms. The average molecular weight is 524 g/mol. The Morgan fingerprint density at radius 1 is 1.09 bits per heavy atom. The molecule has 0 radical (unpaired) electrons. The normalized spacial score (nSPS) is 12.5. The lowest BCUT2D eigenvalue weighted by atomic mass is 9.92. The van der Waals surface area contributed by atoms with Crippen LogP contribution in [-0.2, 0) is 16.9 Å². The highest BCUT2D eigenvalue weighted by Crippen LogP contribution is 2.50. The van der Waals surface area contributed by atoms with Crippen LogP contribution in [0.2, 0.25) is 5.02 Å². The van der Waals surface area contributed by atoms with Gasteiger partial charge in [0.15, 0.2) is 0 Å². The fourth-order valence-corrected chi connectivity index (χ4v) is 3.29. The van der Waals surface area contributed by atoms with Gasteiger partial charge in [-0.2, -0.15) is 26.3 Å². The van der Waals surface area contributed by atoms with Gasteiger partial charge in [0.2, 0.25) is 5.89 Å². The summed E-state index contributed by atoms with van der Waals surface area (Å²) >= 11 is 5.85. The minimum atomic E-state index is -6.05. The first-order valence-electron chi connectivity index (χ1n) is 9.62. The second kappa shape index (κ2) is 9.42. The smallest absolute Gasteiger partial charge is 0.430 e. The number of hydrogen-bond acceptors (Lipinski definition) is 6. The standard InChI is InChI=1S/C22H16ClF6NO5/c1-11-16(30-18(35-11)12-4-3-5-13(8-12)19(31)33-2)10-34-17-7-6-14(9-15(17)23)20(32,21(24,25)26)22(27,28)29/h3-9,32H,10H2,1-2H3. The van der Waals surface area contributed by atoms with Crippen molar-refractivity contribution in [1.29, 1.82) is 0 Å². The zero-order valence-electron chi connectivity index (χ0n) is 17.9. The van der Waals surface area contributed by atoms with E-state index in [9.17, 15) is 36.2 Å². The van der Waals surface area contributed by atoms with Crippen molar-refractivity contribution in [3.05, 3.63) is 70.1 Å². The maximum atomic E-state index is 13.1. The van der Waals surface area contributed by atoms with E-state index in [0.717, 1.165) is 6.07 Å². The molecule has 0 atom stereocenters. The quantitative estimate of drug-likeness (QED) is 0.316. The molecular weight excluding hydrogens is 508 g/mol. The molecule has 188 valence electrons. The second-order valence-corrected chi connectivity index (χ2v) is 7.64. The fourth-order valence-electron chi connectivity index (χ4n) is 3.06. The van der Waals surface area contributed by atoms with Crippen molar-refractivity contribution in [2.75, 3.05) is 7.11 Å². The number of ether oxygens (including phenoxy) is 2. The lowest BCUT2D eigenvalue weighted by Crippen LogP contribution is -2.53. The zero-order valence-corrected chi connectivity index (χ0v) is 18.7. The topological polar surface area (TPSA) is 81.8 Å². The number of aromatic nitrogens is 1. The van der Waals surface area contributed by atoms with E-state index in [1.165, 1.54) is 19.2 Å². The number of nitrogens with zero attached hydrogens (tertiary/aromatic N) is 1. The molecule has 0 unspecified atom stereocenters. The van der Waals surface area contributed by atoms with Crippen molar-refractivity contribution >= 4 is 17.6 Å². The van der Waals surface area contributed by atoms with Crippen LogP contribution in [0.4, 0.5) is 26.3 Å². The number of carbonyl (C=O) groups excluding carboxylic acids is 1. The summed E-state index contributed by atoms with van der Waals surface area (Å²) in [4.78, 5) is 16.0. The third-order valence-electron chi connectivity index (χ3n) is 4.96. The summed E-state index contributed by atoms with van der Waals surface area (Å²) in [5.74, 6) is -0.382. The van der Waals surface area contributed by atoms with E-state index in [1.807, 2.05) is 0 Å². The van der Waals surface area contributed by atoms with E-state index in [4.69, 9.17) is 20.8 Å². The van der Waals surface area contributed by atoms with Crippen LogP contribution in [0.25, 0.3) is 11.5 Å². The molecule has 13 heteroatoms. The van der Waals surface area contributed by atoms with Crippen LogP contribution in [0.1, 0.15) is 27.4 Å². The van der Waals surface area contributed by atoms with Crippen molar-refractivity contribution in [2.45, 2.75) is 31.5 Å². The fraction of sp³-hybridized carbons (Fsp3) is 0.273. The Morgan fingerprint density at radius 3 is 2.31 bits per heavy atom. The predicted molar refractivity (Wildman–Crippen MR) is 110 cm³/mol. The van der Waals surface area contributed by atoms with Crippen molar-refractivity contribution < 1.29 is 50.1 Å². The van der Waals surface area contributed by atoms with Gasteiger partial charge in [0.1, 0.15) is 23.8 Å². The van der Waals surface area contributed by atoms with Crippen LogP contribution in [0, 0.1) is 6.92 Å². The molecule has 1 aromatic heterocycles. The van der Waals surface area contributed by atoms with Crippen LogP contribution in [0.3, 0.4) is 0 Å². The third kappa shape index (κ3) is 5.08. The van der Waals surface area contributed by atoms with Gasteiger partial charge in [-0.15, -0.1) is 0 Å². The monoisotopic (exact) mass is 523 g/mol.